The van der Waals surface area contributed by atoms with E-state index in [9.17, 15) is 16.8 Å². The van der Waals surface area contributed by atoms with E-state index in [1.165, 1.54) is 0 Å². The van der Waals surface area contributed by atoms with Gasteiger partial charge in [0.1, 0.15) is 5.25 Å². The van der Waals surface area contributed by atoms with Gasteiger partial charge < -0.3 is 4.74 Å². The fourth-order valence-electron chi connectivity index (χ4n) is 0.772. The second kappa shape index (κ2) is 5.75. The van der Waals surface area contributed by atoms with Crippen LogP contribution < -0.4 is 0 Å². The van der Waals surface area contributed by atoms with Gasteiger partial charge in [0.05, 0.1) is 12.4 Å². The van der Waals surface area contributed by atoms with Crippen LogP contribution in [0.2, 0.25) is 0 Å². The molecule has 0 aromatic rings. The van der Waals surface area contributed by atoms with Gasteiger partial charge in [-0.05, 0) is 6.42 Å². The van der Waals surface area contributed by atoms with E-state index in [4.69, 9.17) is 13.8 Å². The van der Waals surface area contributed by atoms with E-state index >= 15 is 0 Å². The minimum atomic E-state index is -4.56. The molecule has 1 unspecified atom stereocenters. The maximum absolute atomic E-state index is 10.7. The second-order valence-corrected chi connectivity index (χ2v) is 6.01. The van der Waals surface area contributed by atoms with Crippen molar-refractivity contribution in [1.82, 2.24) is 0 Å². The number of hydrogen-bond acceptors (Lipinski definition) is 5. The quantitative estimate of drug-likeness (QED) is 0.462. The Morgan fingerprint density at radius 3 is 2.07 bits per heavy atom. The molecule has 1 radical (unpaired) electrons. The summed E-state index contributed by atoms with van der Waals surface area (Å²) >= 11 is 0. The smallest absolute Gasteiger partial charge is 0.271 e. The standard InChI is InChI=1S/C6H13O7S2/c1-2-3-13-4-6(15(10,11)12)5-14(7,8)9/h6H,1-5H2,(H,7,8,9)(H,10,11,12). The normalized spacial score (nSPS) is 15.1. The van der Waals surface area contributed by atoms with Gasteiger partial charge >= 0.3 is 0 Å². The number of hydrogen-bond donors (Lipinski definition) is 2. The van der Waals surface area contributed by atoms with Gasteiger partial charge in [0, 0.05) is 6.61 Å². The van der Waals surface area contributed by atoms with Crippen molar-refractivity contribution in [2.75, 3.05) is 19.0 Å². The third-order valence-electron chi connectivity index (χ3n) is 1.41. The molecule has 0 aliphatic carbocycles. The van der Waals surface area contributed by atoms with Crippen molar-refractivity contribution < 1.29 is 30.7 Å². The Morgan fingerprint density at radius 2 is 1.73 bits per heavy atom. The molecule has 0 rings (SSSR count). The van der Waals surface area contributed by atoms with Crippen LogP contribution in [0.15, 0.2) is 0 Å². The van der Waals surface area contributed by atoms with Crippen molar-refractivity contribution in [1.29, 1.82) is 0 Å². The molecule has 0 amide bonds. The van der Waals surface area contributed by atoms with Crippen LogP contribution in [0.25, 0.3) is 0 Å². The van der Waals surface area contributed by atoms with Crippen molar-refractivity contribution in [3.63, 3.8) is 0 Å². The first-order valence-electron chi connectivity index (χ1n) is 3.95. The van der Waals surface area contributed by atoms with E-state index in [1.807, 2.05) is 0 Å². The molecule has 0 bridgehead atoms. The Bertz CT molecular complexity index is 368. The van der Waals surface area contributed by atoms with E-state index in [0.717, 1.165) is 0 Å². The first-order chi connectivity index (χ1) is 6.67. The Labute approximate surface area is 88.9 Å². The molecule has 91 valence electrons. The fraction of sp³-hybridized carbons (Fsp3) is 0.833. The van der Waals surface area contributed by atoms with Crippen molar-refractivity contribution in [2.45, 2.75) is 11.7 Å². The lowest BCUT2D eigenvalue weighted by atomic mass is 10.5. The van der Waals surface area contributed by atoms with Gasteiger partial charge in [-0.25, -0.2) is 0 Å². The molecular formula is C6H13O7S2. The molecule has 0 aromatic carbocycles. The van der Waals surface area contributed by atoms with Gasteiger partial charge in [-0.1, -0.05) is 6.92 Å². The van der Waals surface area contributed by atoms with Gasteiger partial charge in [0.15, 0.2) is 0 Å². The summed E-state index contributed by atoms with van der Waals surface area (Å²) in [6.45, 7) is 3.05. The summed E-state index contributed by atoms with van der Waals surface area (Å²) in [5, 5.41) is -1.68. The van der Waals surface area contributed by atoms with Crippen LogP contribution in [-0.4, -0.2) is 50.2 Å². The van der Waals surface area contributed by atoms with E-state index in [1.54, 1.807) is 0 Å². The lowest BCUT2D eigenvalue weighted by Gasteiger charge is -2.11. The highest BCUT2D eigenvalue weighted by molar-refractivity contribution is 7.90. The van der Waals surface area contributed by atoms with Crippen LogP contribution in [0.5, 0.6) is 0 Å². The average molecular weight is 261 g/mol. The van der Waals surface area contributed by atoms with Crippen LogP contribution >= 0.6 is 0 Å². The van der Waals surface area contributed by atoms with Gasteiger partial charge in [-0.2, -0.15) is 16.8 Å². The molecule has 0 fully saturated rings. The summed E-state index contributed by atoms with van der Waals surface area (Å²) in [5.74, 6) is -1.09. The summed E-state index contributed by atoms with van der Waals surface area (Å²) in [6.07, 6.45) is 0.379. The molecule has 2 N–H and O–H groups in total. The first kappa shape index (κ1) is 14.8. The van der Waals surface area contributed by atoms with E-state index in [0.29, 0.717) is 6.42 Å². The first-order valence-corrected chi connectivity index (χ1v) is 7.06. The molecule has 9 heteroatoms. The topological polar surface area (TPSA) is 118 Å². The molecule has 0 spiro atoms. The maximum atomic E-state index is 10.7. The van der Waals surface area contributed by atoms with Gasteiger partial charge in [-0.3, -0.25) is 9.11 Å². The predicted molar refractivity (Wildman–Crippen MR) is 52.5 cm³/mol. The summed E-state index contributed by atoms with van der Waals surface area (Å²) in [5.41, 5.74) is 0. The summed E-state index contributed by atoms with van der Waals surface area (Å²) in [6, 6.07) is 0. The van der Waals surface area contributed by atoms with Gasteiger partial charge in [-0.15, -0.1) is 0 Å². The Kier molecular flexibility index (Phi) is 5.67. The molecule has 0 saturated carbocycles. The fourth-order valence-corrected chi connectivity index (χ4v) is 2.81. The van der Waals surface area contributed by atoms with Crippen LogP contribution in [0, 0.1) is 6.92 Å². The minimum absolute atomic E-state index is 0.136. The molecule has 15 heavy (non-hydrogen) atoms. The Hall–Kier alpha value is -0.220. The van der Waals surface area contributed by atoms with Gasteiger partial charge in [0.25, 0.3) is 20.2 Å². The highest BCUT2D eigenvalue weighted by atomic mass is 32.2. The molecule has 0 aliphatic heterocycles. The molecule has 0 saturated heterocycles. The number of rotatable bonds is 7. The Balaban J connectivity index is 4.48. The molecule has 0 heterocycles. The van der Waals surface area contributed by atoms with Crippen molar-refractivity contribution in [2.24, 2.45) is 0 Å². The number of ether oxygens (including phenoxy) is 1. The maximum Gasteiger partial charge on any atom is 0.271 e. The average Bonchev–Trinajstić information content (AvgIpc) is 1.99. The largest absolute Gasteiger partial charge is 0.380 e. The second-order valence-electron chi connectivity index (χ2n) is 2.81. The third kappa shape index (κ3) is 7.68. The Morgan fingerprint density at radius 1 is 1.20 bits per heavy atom. The highest BCUT2D eigenvalue weighted by Gasteiger charge is 2.28. The van der Waals surface area contributed by atoms with Crippen LogP contribution in [-0.2, 0) is 25.0 Å². The molecular weight excluding hydrogens is 248 g/mol. The molecule has 0 aliphatic rings. The zero-order valence-electron chi connectivity index (χ0n) is 7.87. The minimum Gasteiger partial charge on any atom is -0.380 e. The van der Waals surface area contributed by atoms with Crippen LogP contribution in [0.4, 0.5) is 0 Å². The molecule has 7 nitrogen and oxygen atoms in total. The van der Waals surface area contributed by atoms with Crippen molar-refractivity contribution >= 4 is 20.2 Å². The SMILES string of the molecule is [CH2]CCOCC(CS(=O)(=O)O)S(=O)(=O)O. The molecule has 1 atom stereocenters. The summed E-state index contributed by atoms with van der Waals surface area (Å²) in [7, 11) is -9.04. The lowest BCUT2D eigenvalue weighted by Crippen LogP contribution is -2.33. The van der Waals surface area contributed by atoms with Crippen molar-refractivity contribution in [3.8, 4) is 0 Å². The van der Waals surface area contributed by atoms with Gasteiger partial charge in [0.2, 0.25) is 0 Å². The van der Waals surface area contributed by atoms with E-state index in [2.05, 4.69) is 6.92 Å². The van der Waals surface area contributed by atoms with Crippen LogP contribution in [0.1, 0.15) is 6.42 Å². The lowest BCUT2D eigenvalue weighted by molar-refractivity contribution is 0.139. The molecule has 0 aromatic heterocycles. The van der Waals surface area contributed by atoms with E-state index in [-0.39, 0.29) is 6.61 Å². The summed E-state index contributed by atoms with van der Waals surface area (Å²) < 4.78 is 64.1. The highest BCUT2D eigenvalue weighted by Crippen LogP contribution is 2.03. The zero-order chi connectivity index (χ0) is 12.1. The monoisotopic (exact) mass is 261 g/mol. The summed E-state index contributed by atoms with van der Waals surface area (Å²) in [4.78, 5) is 0. The zero-order valence-corrected chi connectivity index (χ0v) is 9.50. The predicted octanol–water partition coefficient (Wildman–Crippen LogP) is -0.629. The van der Waals surface area contributed by atoms with E-state index < -0.39 is 37.8 Å². The van der Waals surface area contributed by atoms with Crippen LogP contribution in [0.3, 0.4) is 0 Å². The van der Waals surface area contributed by atoms with Crippen molar-refractivity contribution in [3.05, 3.63) is 6.92 Å². The third-order valence-corrected chi connectivity index (χ3v) is 3.59.